The van der Waals surface area contributed by atoms with Gasteiger partial charge < -0.3 is 4.74 Å². The maximum absolute atomic E-state index is 5.34. The quantitative estimate of drug-likeness (QED) is 0.429. The molecule has 1 aromatic rings. The highest BCUT2D eigenvalue weighted by atomic mass is 16.5. The molecule has 0 atom stereocenters. The van der Waals surface area contributed by atoms with Crippen molar-refractivity contribution in [2.75, 3.05) is 26.8 Å². The van der Waals surface area contributed by atoms with Gasteiger partial charge in [-0.1, -0.05) is 45.0 Å². The molecule has 3 heteroatoms. The van der Waals surface area contributed by atoms with Crippen molar-refractivity contribution in [2.24, 2.45) is 5.10 Å². The van der Waals surface area contributed by atoms with Crippen LogP contribution in [-0.2, 0) is 10.2 Å². The Morgan fingerprint density at radius 3 is 2.33 bits per heavy atom. The minimum Gasteiger partial charge on any atom is -0.382 e. The molecule has 0 saturated carbocycles. The van der Waals surface area contributed by atoms with Crippen LogP contribution in [0.3, 0.4) is 0 Å². The van der Waals surface area contributed by atoms with Crippen molar-refractivity contribution in [1.29, 1.82) is 0 Å². The zero-order chi connectivity index (χ0) is 15.9. The molecule has 118 valence electrons. The lowest BCUT2D eigenvalue weighted by Gasteiger charge is -2.19. The first kappa shape index (κ1) is 17.7. The minimum absolute atomic E-state index is 0.194. The third-order valence-electron chi connectivity index (χ3n) is 3.46. The molecule has 0 saturated heterocycles. The molecule has 0 radical (unpaired) electrons. The monoisotopic (exact) mass is 290 g/mol. The van der Waals surface area contributed by atoms with Gasteiger partial charge in [-0.05, 0) is 36.8 Å². The summed E-state index contributed by atoms with van der Waals surface area (Å²) < 4.78 is 5.34. The highest BCUT2D eigenvalue weighted by Crippen LogP contribution is 2.22. The zero-order valence-electron chi connectivity index (χ0n) is 14.4. The first-order chi connectivity index (χ1) is 9.84. The Kier molecular flexibility index (Phi) is 6.90. The predicted octanol–water partition coefficient (Wildman–Crippen LogP) is 4.07. The fourth-order valence-corrected chi connectivity index (χ4v) is 2.12. The molecular formula is C18H30N2O. The summed E-state index contributed by atoms with van der Waals surface area (Å²) in [5.74, 6) is 0. The molecule has 1 aromatic carbocycles. The van der Waals surface area contributed by atoms with E-state index < -0.39 is 0 Å². The third kappa shape index (κ3) is 6.30. The Hall–Kier alpha value is -1.35. The second-order valence-electron chi connectivity index (χ2n) is 6.44. The molecule has 21 heavy (non-hydrogen) atoms. The summed E-state index contributed by atoms with van der Waals surface area (Å²) in [6.45, 7) is 13.3. The van der Waals surface area contributed by atoms with E-state index in [0.29, 0.717) is 0 Å². The number of benzene rings is 1. The Balaban J connectivity index is 2.61. The predicted molar refractivity (Wildman–Crippen MR) is 91.1 cm³/mol. The summed E-state index contributed by atoms with van der Waals surface area (Å²) in [7, 11) is 2.01. The van der Waals surface area contributed by atoms with Crippen LogP contribution in [-0.4, -0.2) is 37.5 Å². The minimum atomic E-state index is 0.194. The van der Waals surface area contributed by atoms with Crippen LogP contribution >= 0.6 is 0 Å². The van der Waals surface area contributed by atoms with Gasteiger partial charge in [0, 0.05) is 26.8 Å². The standard InChI is InChI=1S/C18H30N2O/c1-7-21-14-8-13-20(6)19-15(2)16-9-11-17(12-10-16)18(3,4)5/h9-12H,7-8,13-14H2,1-6H3/b19-15+. The number of rotatable bonds is 7. The van der Waals surface area contributed by atoms with Crippen LogP contribution in [0, 0.1) is 0 Å². The molecule has 0 amide bonds. The van der Waals surface area contributed by atoms with Crippen LogP contribution in [0.1, 0.15) is 52.2 Å². The van der Waals surface area contributed by atoms with E-state index >= 15 is 0 Å². The fraction of sp³-hybridized carbons (Fsp3) is 0.611. The van der Waals surface area contributed by atoms with Gasteiger partial charge >= 0.3 is 0 Å². The molecule has 0 heterocycles. The van der Waals surface area contributed by atoms with E-state index in [1.807, 2.05) is 19.0 Å². The summed E-state index contributed by atoms with van der Waals surface area (Å²) >= 11 is 0. The molecule has 0 aliphatic heterocycles. The van der Waals surface area contributed by atoms with Gasteiger partial charge in [0.2, 0.25) is 0 Å². The van der Waals surface area contributed by atoms with E-state index in [9.17, 15) is 0 Å². The number of hydrogen-bond acceptors (Lipinski definition) is 3. The van der Waals surface area contributed by atoms with Gasteiger partial charge in [-0.3, -0.25) is 5.01 Å². The van der Waals surface area contributed by atoms with Crippen molar-refractivity contribution in [1.82, 2.24) is 5.01 Å². The molecule has 0 fully saturated rings. The summed E-state index contributed by atoms with van der Waals surface area (Å²) in [5, 5.41) is 6.62. The smallest absolute Gasteiger partial charge is 0.0646 e. The second kappa shape index (κ2) is 8.18. The molecule has 1 rings (SSSR count). The first-order valence-electron chi connectivity index (χ1n) is 7.79. The SMILES string of the molecule is CCOCCCN(C)/N=C(\C)c1ccc(C(C)(C)C)cc1. The molecule has 0 unspecified atom stereocenters. The van der Waals surface area contributed by atoms with E-state index in [0.717, 1.165) is 31.9 Å². The largest absolute Gasteiger partial charge is 0.382 e. The van der Waals surface area contributed by atoms with Gasteiger partial charge in [-0.25, -0.2) is 0 Å². The first-order valence-corrected chi connectivity index (χ1v) is 7.79. The van der Waals surface area contributed by atoms with Crippen LogP contribution in [0.25, 0.3) is 0 Å². The van der Waals surface area contributed by atoms with Crippen molar-refractivity contribution in [3.05, 3.63) is 35.4 Å². The van der Waals surface area contributed by atoms with E-state index in [1.165, 1.54) is 11.1 Å². The van der Waals surface area contributed by atoms with Crippen LogP contribution in [0.15, 0.2) is 29.4 Å². The van der Waals surface area contributed by atoms with Crippen molar-refractivity contribution in [3.63, 3.8) is 0 Å². The average Bonchev–Trinajstić information content (AvgIpc) is 2.43. The second-order valence-corrected chi connectivity index (χ2v) is 6.44. The molecule has 0 N–H and O–H groups in total. The van der Waals surface area contributed by atoms with E-state index in [-0.39, 0.29) is 5.41 Å². The lowest BCUT2D eigenvalue weighted by Crippen LogP contribution is -2.17. The maximum atomic E-state index is 5.34. The van der Waals surface area contributed by atoms with E-state index in [1.54, 1.807) is 0 Å². The Morgan fingerprint density at radius 2 is 1.81 bits per heavy atom. The van der Waals surface area contributed by atoms with Crippen LogP contribution in [0.2, 0.25) is 0 Å². The maximum Gasteiger partial charge on any atom is 0.0646 e. The molecule has 0 aliphatic rings. The summed E-state index contributed by atoms with van der Waals surface area (Å²) in [5.41, 5.74) is 3.78. The van der Waals surface area contributed by atoms with E-state index in [4.69, 9.17) is 4.74 Å². The van der Waals surface area contributed by atoms with Crippen LogP contribution in [0.5, 0.6) is 0 Å². The number of hydrogen-bond donors (Lipinski definition) is 0. The van der Waals surface area contributed by atoms with Crippen molar-refractivity contribution in [3.8, 4) is 0 Å². The summed E-state index contributed by atoms with van der Waals surface area (Å²) in [6.07, 6.45) is 1.00. The van der Waals surface area contributed by atoms with Gasteiger partial charge in [0.05, 0.1) is 5.71 Å². The van der Waals surface area contributed by atoms with E-state index in [2.05, 4.69) is 57.1 Å². The lowest BCUT2D eigenvalue weighted by atomic mass is 9.86. The van der Waals surface area contributed by atoms with Crippen molar-refractivity contribution < 1.29 is 4.74 Å². The van der Waals surface area contributed by atoms with Crippen LogP contribution < -0.4 is 0 Å². The molecule has 0 aromatic heterocycles. The van der Waals surface area contributed by atoms with Crippen molar-refractivity contribution in [2.45, 2.75) is 46.5 Å². The molecule has 3 nitrogen and oxygen atoms in total. The van der Waals surface area contributed by atoms with Gasteiger partial charge in [-0.2, -0.15) is 5.10 Å². The van der Waals surface area contributed by atoms with Gasteiger partial charge in [0.1, 0.15) is 0 Å². The average molecular weight is 290 g/mol. The molecular weight excluding hydrogens is 260 g/mol. The Bertz CT molecular complexity index is 443. The number of ether oxygens (including phenoxy) is 1. The lowest BCUT2D eigenvalue weighted by molar-refractivity contribution is 0.136. The third-order valence-corrected chi connectivity index (χ3v) is 3.46. The van der Waals surface area contributed by atoms with Gasteiger partial charge in [-0.15, -0.1) is 0 Å². The highest BCUT2D eigenvalue weighted by Gasteiger charge is 2.13. The molecule has 0 bridgehead atoms. The number of nitrogens with zero attached hydrogens (tertiary/aromatic N) is 2. The van der Waals surface area contributed by atoms with Gasteiger partial charge in [0.15, 0.2) is 0 Å². The topological polar surface area (TPSA) is 24.8 Å². The van der Waals surface area contributed by atoms with Crippen LogP contribution in [0.4, 0.5) is 0 Å². The Labute approximate surface area is 130 Å². The summed E-state index contributed by atoms with van der Waals surface area (Å²) in [4.78, 5) is 0. The fourth-order valence-electron chi connectivity index (χ4n) is 2.12. The Morgan fingerprint density at radius 1 is 1.19 bits per heavy atom. The highest BCUT2D eigenvalue weighted by molar-refractivity contribution is 5.98. The van der Waals surface area contributed by atoms with Crippen molar-refractivity contribution >= 4 is 5.71 Å². The molecule has 0 aliphatic carbocycles. The molecule has 0 spiro atoms. The zero-order valence-corrected chi connectivity index (χ0v) is 14.4. The normalized spacial score (nSPS) is 12.6. The number of hydrazone groups is 1. The van der Waals surface area contributed by atoms with Gasteiger partial charge in [0.25, 0.3) is 0 Å². The summed E-state index contributed by atoms with van der Waals surface area (Å²) in [6, 6.07) is 8.72.